The standard InChI is InChI=1S/C28H34F3N11O/c1-3-39(2)13-19-10-22(38-26(37-19)28(29,30)31)25(43)40-8-5-20(6-9-40)41-15-27(14-32,16-41)42-12-18(11-36-42)23-21-4-7-33-24(21)35-17-34-23/h4,7,10-12,17,20H,3,5-6,8-9,13-16,32H2,1-2H3,(H,33,34,35). The van der Waals surface area contributed by atoms with Crippen LogP contribution in [0.1, 0.15) is 41.8 Å². The van der Waals surface area contributed by atoms with Crippen molar-refractivity contribution in [3.05, 3.63) is 54.3 Å². The van der Waals surface area contributed by atoms with E-state index in [-0.39, 0.29) is 29.5 Å². The lowest BCUT2D eigenvalue weighted by atomic mass is 9.86. The van der Waals surface area contributed by atoms with Crippen LogP contribution < -0.4 is 5.73 Å². The molecule has 0 bridgehead atoms. The highest BCUT2D eigenvalue weighted by Crippen LogP contribution is 2.35. The Labute approximate surface area is 246 Å². The molecule has 0 radical (unpaired) electrons. The molecule has 2 aliphatic rings. The molecule has 0 unspecified atom stereocenters. The highest BCUT2D eigenvalue weighted by atomic mass is 19.4. The molecule has 43 heavy (non-hydrogen) atoms. The van der Waals surface area contributed by atoms with E-state index in [1.807, 2.05) is 35.0 Å². The van der Waals surface area contributed by atoms with Gasteiger partial charge < -0.3 is 20.5 Å². The number of hydrogen-bond acceptors (Lipinski definition) is 9. The Balaban J connectivity index is 1.10. The van der Waals surface area contributed by atoms with E-state index in [2.05, 4.69) is 34.9 Å². The molecule has 0 atom stereocenters. The van der Waals surface area contributed by atoms with Gasteiger partial charge in [0, 0.05) is 68.7 Å². The SMILES string of the molecule is CCN(C)Cc1cc(C(=O)N2CCC(N3CC(CN)(n4cc(-c5ncnc6[nH]ccc56)cn4)C3)CC2)nc(C(F)(F)F)n1. The number of nitrogens with zero attached hydrogens (tertiary/aromatic N) is 9. The normalized spacial score (nSPS) is 18.0. The van der Waals surface area contributed by atoms with Gasteiger partial charge >= 0.3 is 6.18 Å². The minimum Gasteiger partial charge on any atom is -0.346 e. The minimum atomic E-state index is -4.74. The molecule has 3 N–H and O–H groups in total. The molecular weight excluding hydrogens is 563 g/mol. The second kappa shape index (κ2) is 11.3. The Morgan fingerprint density at radius 1 is 1.21 bits per heavy atom. The summed E-state index contributed by atoms with van der Waals surface area (Å²) in [6, 6.07) is 3.54. The van der Waals surface area contributed by atoms with Crippen LogP contribution in [0.15, 0.2) is 37.1 Å². The van der Waals surface area contributed by atoms with Gasteiger partial charge in [-0.25, -0.2) is 19.9 Å². The first-order valence-corrected chi connectivity index (χ1v) is 14.3. The molecule has 2 aliphatic heterocycles. The van der Waals surface area contributed by atoms with Gasteiger partial charge in [-0.2, -0.15) is 18.3 Å². The number of likely N-dealkylation sites (tertiary alicyclic amines) is 2. The Kier molecular flexibility index (Phi) is 7.64. The number of nitrogens with two attached hydrogens (primary N) is 1. The van der Waals surface area contributed by atoms with E-state index in [9.17, 15) is 18.0 Å². The summed E-state index contributed by atoms with van der Waals surface area (Å²) in [5.41, 5.74) is 8.30. The average molecular weight is 598 g/mol. The highest BCUT2D eigenvalue weighted by Gasteiger charge is 2.47. The number of aromatic nitrogens is 7. The van der Waals surface area contributed by atoms with Crippen molar-refractivity contribution >= 4 is 16.9 Å². The van der Waals surface area contributed by atoms with Crippen LogP contribution in [0.3, 0.4) is 0 Å². The summed E-state index contributed by atoms with van der Waals surface area (Å²) < 4.78 is 42.5. The van der Waals surface area contributed by atoms with Gasteiger partial charge in [0.25, 0.3) is 5.91 Å². The van der Waals surface area contributed by atoms with E-state index in [4.69, 9.17) is 5.73 Å². The fourth-order valence-electron chi connectivity index (χ4n) is 5.94. The third-order valence-electron chi connectivity index (χ3n) is 8.56. The first-order chi connectivity index (χ1) is 20.6. The van der Waals surface area contributed by atoms with Crippen LogP contribution in [0.2, 0.25) is 0 Å². The fourth-order valence-corrected chi connectivity index (χ4v) is 5.94. The van der Waals surface area contributed by atoms with Crippen LogP contribution in [-0.4, -0.2) is 108 Å². The molecule has 0 saturated carbocycles. The number of halogens is 3. The van der Waals surface area contributed by atoms with Crippen molar-refractivity contribution in [1.29, 1.82) is 0 Å². The minimum absolute atomic E-state index is 0.169. The van der Waals surface area contributed by atoms with Gasteiger partial charge in [0.2, 0.25) is 5.82 Å². The zero-order chi connectivity index (χ0) is 30.4. The van der Waals surface area contributed by atoms with E-state index >= 15 is 0 Å². The largest absolute Gasteiger partial charge is 0.451 e. The van der Waals surface area contributed by atoms with Crippen molar-refractivity contribution in [3.63, 3.8) is 0 Å². The van der Waals surface area contributed by atoms with Crippen LogP contribution in [0, 0.1) is 0 Å². The van der Waals surface area contributed by atoms with E-state index in [1.54, 1.807) is 18.1 Å². The van der Waals surface area contributed by atoms with Crippen LogP contribution in [-0.2, 0) is 18.3 Å². The highest BCUT2D eigenvalue weighted by molar-refractivity contribution is 5.92. The number of hydrogen-bond donors (Lipinski definition) is 2. The van der Waals surface area contributed by atoms with Crippen molar-refractivity contribution in [2.24, 2.45) is 5.73 Å². The summed E-state index contributed by atoms with van der Waals surface area (Å²) >= 11 is 0. The van der Waals surface area contributed by atoms with Crippen molar-refractivity contribution in [2.45, 2.75) is 44.1 Å². The number of carbonyl (C=O) groups excluding carboxylic acids is 1. The van der Waals surface area contributed by atoms with Gasteiger partial charge in [-0.15, -0.1) is 0 Å². The molecule has 2 fully saturated rings. The number of alkyl halides is 3. The number of nitrogens with one attached hydrogen (secondary N) is 1. The second-order valence-corrected chi connectivity index (χ2v) is 11.4. The Morgan fingerprint density at radius 3 is 2.67 bits per heavy atom. The molecule has 6 heterocycles. The van der Waals surface area contributed by atoms with Crippen molar-refractivity contribution in [3.8, 4) is 11.3 Å². The average Bonchev–Trinajstić information content (AvgIpc) is 3.67. The summed E-state index contributed by atoms with van der Waals surface area (Å²) in [6.07, 6.45) is 3.78. The van der Waals surface area contributed by atoms with Gasteiger partial charge in [-0.3, -0.25) is 14.4 Å². The molecule has 1 amide bonds. The zero-order valence-electron chi connectivity index (χ0n) is 24.0. The number of amides is 1. The number of aromatic amines is 1. The summed E-state index contributed by atoms with van der Waals surface area (Å²) in [6.45, 7) is 5.40. The van der Waals surface area contributed by atoms with Crippen molar-refractivity contribution in [1.82, 2.24) is 49.4 Å². The quantitative estimate of drug-likeness (QED) is 0.314. The van der Waals surface area contributed by atoms with E-state index < -0.39 is 17.9 Å². The molecule has 4 aromatic heterocycles. The number of fused-ring (bicyclic) bond motifs is 1. The summed E-state index contributed by atoms with van der Waals surface area (Å²) in [5, 5.41) is 5.56. The summed E-state index contributed by atoms with van der Waals surface area (Å²) in [4.78, 5) is 38.1. The molecule has 6 rings (SSSR count). The van der Waals surface area contributed by atoms with E-state index in [1.165, 1.54) is 12.4 Å². The predicted molar refractivity (Wildman–Crippen MR) is 152 cm³/mol. The zero-order valence-corrected chi connectivity index (χ0v) is 24.0. The second-order valence-electron chi connectivity index (χ2n) is 11.4. The predicted octanol–water partition coefficient (Wildman–Crippen LogP) is 2.36. The third-order valence-corrected chi connectivity index (χ3v) is 8.56. The lowest BCUT2D eigenvalue weighted by Gasteiger charge is -2.54. The Hall–Kier alpha value is -3.95. The van der Waals surface area contributed by atoms with Gasteiger partial charge in [0.05, 0.1) is 17.6 Å². The summed E-state index contributed by atoms with van der Waals surface area (Å²) in [5.74, 6) is -1.79. The lowest BCUT2D eigenvalue weighted by molar-refractivity contribution is -0.145. The van der Waals surface area contributed by atoms with E-state index in [0.717, 1.165) is 22.3 Å². The fraction of sp³-hybridized carbons (Fsp3) is 0.500. The van der Waals surface area contributed by atoms with Gasteiger partial charge in [-0.1, -0.05) is 6.92 Å². The van der Waals surface area contributed by atoms with Gasteiger partial charge in [0.1, 0.15) is 23.2 Å². The molecule has 0 spiro atoms. The maximum atomic E-state index is 13.5. The maximum absolute atomic E-state index is 13.5. The maximum Gasteiger partial charge on any atom is 0.451 e. The molecular formula is C28H34F3N11O. The van der Waals surface area contributed by atoms with E-state index in [0.29, 0.717) is 52.1 Å². The molecule has 15 heteroatoms. The number of carbonyl (C=O) groups is 1. The number of rotatable bonds is 8. The molecule has 12 nitrogen and oxygen atoms in total. The summed E-state index contributed by atoms with van der Waals surface area (Å²) in [7, 11) is 1.78. The van der Waals surface area contributed by atoms with Crippen LogP contribution in [0.5, 0.6) is 0 Å². The topological polar surface area (TPSA) is 138 Å². The Bertz CT molecular complexity index is 1600. The molecule has 0 aliphatic carbocycles. The van der Waals surface area contributed by atoms with Crippen molar-refractivity contribution in [2.75, 3.05) is 46.3 Å². The number of H-pyrrole nitrogens is 1. The lowest BCUT2D eigenvalue weighted by Crippen LogP contribution is -2.69. The monoisotopic (exact) mass is 597 g/mol. The van der Waals surface area contributed by atoms with Crippen LogP contribution in [0.4, 0.5) is 13.2 Å². The molecule has 0 aromatic carbocycles. The van der Waals surface area contributed by atoms with Gasteiger partial charge in [0.15, 0.2) is 0 Å². The van der Waals surface area contributed by atoms with Gasteiger partial charge in [-0.05, 0) is 38.6 Å². The third kappa shape index (κ3) is 5.59. The molecule has 2 saturated heterocycles. The smallest absolute Gasteiger partial charge is 0.346 e. The Morgan fingerprint density at radius 2 is 1.98 bits per heavy atom. The first kappa shape index (κ1) is 29.1. The molecule has 4 aromatic rings. The van der Waals surface area contributed by atoms with Crippen LogP contribution in [0.25, 0.3) is 22.3 Å². The first-order valence-electron chi connectivity index (χ1n) is 14.3. The van der Waals surface area contributed by atoms with Crippen molar-refractivity contribution < 1.29 is 18.0 Å². The van der Waals surface area contributed by atoms with Crippen LogP contribution >= 0.6 is 0 Å². The number of piperidine rings is 1. The molecule has 228 valence electrons.